The van der Waals surface area contributed by atoms with E-state index in [4.69, 9.17) is 9.47 Å². The van der Waals surface area contributed by atoms with Gasteiger partial charge in [0.1, 0.15) is 11.7 Å². The number of esters is 2. The quantitative estimate of drug-likeness (QED) is 0.529. The van der Waals surface area contributed by atoms with Gasteiger partial charge in [0, 0.05) is 5.92 Å². The highest BCUT2D eigenvalue weighted by Crippen LogP contribution is 2.21. The highest BCUT2D eigenvalue weighted by Gasteiger charge is 2.29. The maximum absolute atomic E-state index is 11.8. The van der Waals surface area contributed by atoms with Crippen LogP contribution in [0.5, 0.6) is 0 Å². The third-order valence-corrected chi connectivity index (χ3v) is 3.63. The molecule has 5 heteroatoms. The lowest BCUT2D eigenvalue weighted by molar-refractivity contribution is -0.156. The largest absolute Gasteiger partial charge is 0.465 e. The van der Waals surface area contributed by atoms with Crippen molar-refractivity contribution >= 4 is 17.7 Å². The van der Waals surface area contributed by atoms with Gasteiger partial charge in [-0.3, -0.25) is 14.4 Å². The molecule has 1 rings (SSSR count). The SMILES string of the molecule is CC(CCC1CCOC1=O)OC(=O)C(C)C(=O)C(C)C. The van der Waals surface area contributed by atoms with Gasteiger partial charge in [-0.1, -0.05) is 13.8 Å². The Labute approximate surface area is 120 Å². The fourth-order valence-electron chi connectivity index (χ4n) is 2.21. The number of hydrogen-bond donors (Lipinski definition) is 0. The zero-order chi connectivity index (χ0) is 15.3. The zero-order valence-electron chi connectivity index (χ0n) is 12.7. The van der Waals surface area contributed by atoms with E-state index in [1.54, 1.807) is 27.7 Å². The minimum Gasteiger partial charge on any atom is -0.465 e. The van der Waals surface area contributed by atoms with Gasteiger partial charge in [0.2, 0.25) is 0 Å². The second-order valence-corrected chi connectivity index (χ2v) is 5.76. The van der Waals surface area contributed by atoms with Crippen molar-refractivity contribution < 1.29 is 23.9 Å². The predicted octanol–water partition coefficient (Wildman–Crippen LogP) is 2.12. The number of rotatable bonds is 7. The van der Waals surface area contributed by atoms with Crippen molar-refractivity contribution in [2.24, 2.45) is 17.8 Å². The van der Waals surface area contributed by atoms with Crippen LogP contribution in [0.4, 0.5) is 0 Å². The first-order chi connectivity index (χ1) is 9.32. The predicted molar refractivity (Wildman–Crippen MR) is 72.9 cm³/mol. The molecule has 1 aliphatic rings. The molecule has 3 unspecified atom stereocenters. The van der Waals surface area contributed by atoms with Crippen LogP contribution < -0.4 is 0 Å². The van der Waals surface area contributed by atoms with Crippen LogP contribution in [0.1, 0.15) is 47.0 Å². The Morgan fingerprint density at radius 2 is 1.95 bits per heavy atom. The summed E-state index contributed by atoms with van der Waals surface area (Å²) >= 11 is 0. The number of carbonyl (C=O) groups excluding carboxylic acids is 3. The van der Waals surface area contributed by atoms with Gasteiger partial charge in [-0.2, -0.15) is 0 Å². The molecule has 114 valence electrons. The molecule has 3 atom stereocenters. The molecule has 1 fully saturated rings. The summed E-state index contributed by atoms with van der Waals surface area (Å²) < 4.78 is 10.2. The van der Waals surface area contributed by atoms with Crippen LogP contribution in [0.2, 0.25) is 0 Å². The molecule has 0 N–H and O–H groups in total. The Morgan fingerprint density at radius 3 is 2.45 bits per heavy atom. The lowest BCUT2D eigenvalue weighted by atomic mass is 9.97. The van der Waals surface area contributed by atoms with E-state index in [1.165, 1.54) is 0 Å². The number of hydrogen-bond acceptors (Lipinski definition) is 5. The average Bonchev–Trinajstić information content (AvgIpc) is 2.79. The summed E-state index contributed by atoms with van der Waals surface area (Å²) in [6.07, 6.45) is 1.70. The van der Waals surface area contributed by atoms with E-state index in [0.29, 0.717) is 19.4 Å². The third kappa shape index (κ3) is 4.62. The van der Waals surface area contributed by atoms with E-state index in [2.05, 4.69) is 0 Å². The Balaban J connectivity index is 2.34. The molecule has 1 heterocycles. The van der Waals surface area contributed by atoms with E-state index < -0.39 is 11.9 Å². The van der Waals surface area contributed by atoms with E-state index in [9.17, 15) is 14.4 Å². The molecular weight excluding hydrogens is 260 g/mol. The van der Waals surface area contributed by atoms with Gasteiger partial charge in [0.25, 0.3) is 0 Å². The van der Waals surface area contributed by atoms with E-state index >= 15 is 0 Å². The summed E-state index contributed by atoms with van der Waals surface area (Å²) in [5.41, 5.74) is 0. The van der Waals surface area contributed by atoms with E-state index in [1.807, 2.05) is 0 Å². The van der Waals surface area contributed by atoms with Gasteiger partial charge in [0.15, 0.2) is 0 Å². The molecule has 20 heavy (non-hydrogen) atoms. The first-order valence-corrected chi connectivity index (χ1v) is 7.23. The molecular formula is C15H24O5. The first-order valence-electron chi connectivity index (χ1n) is 7.23. The summed E-state index contributed by atoms with van der Waals surface area (Å²) in [6.45, 7) is 7.37. The number of ketones is 1. The second-order valence-electron chi connectivity index (χ2n) is 5.76. The fraction of sp³-hybridized carbons (Fsp3) is 0.800. The molecule has 0 aromatic rings. The average molecular weight is 284 g/mol. The normalized spacial score (nSPS) is 21.4. The monoisotopic (exact) mass is 284 g/mol. The van der Waals surface area contributed by atoms with Gasteiger partial charge >= 0.3 is 11.9 Å². The molecule has 0 aliphatic carbocycles. The molecule has 0 spiro atoms. The number of cyclic esters (lactones) is 1. The highest BCUT2D eigenvalue weighted by molar-refractivity contribution is 5.99. The van der Waals surface area contributed by atoms with Crippen molar-refractivity contribution in [1.82, 2.24) is 0 Å². The van der Waals surface area contributed by atoms with Crippen molar-refractivity contribution in [3.05, 3.63) is 0 Å². The first kappa shape index (κ1) is 16.7. The van der Waals surface area contributed by atoms with Crippen molar-refractivity contribution in [3.8, 4) is 0 Å². The topological polar surface area (TPSA) is 69.7 Å². The molecule has 0 bridgehead atoms. The molecule has 0 aromatic carbocycles. The molecule has 1 aliphatic heterocycles. The lowest BCUT2D eigenvalue weighted by Gasteiger charge is -2.18. The third-order valence-electron chi connectivity index (χ3n) is 3.63. The van der Waals surface area contributed by atoms with Crippen molar-refractivity contribution in [3.63, 3.8) is 0 Å². The molecule has 0 aromatic heterocycles. The standard InChI is InChI=1S/C15H24O5/c1-9(2)13(16)11(4)14(17)20-10(3)5-6-12-7-8-19-15(12)18/h9-12H,5-8H2,1-4H3. The molecule has 1 saturated heterocycles. The van der Waals surface area contributed by atoms with Crippen molar-refractivity contribution in [1.29, 1.82) is 0 Å². The summed E-state index contributed by atoms with van der Waals surface area (Å²) in [5.74, 6) is -1.74. The Hall–Kier alpha value is -1.39. The summed E-state index contributed by atoms with van der Waals surface area (Å²) in [7, 11) is 0. The molecule has 0 amide bonds. The van der Waals surface area contributed by atoms with Crippen LogP contribution in [-0.2, 0) is 23.9 Å². The second kappa shape index (κ2) is 7.41. The van der Waals surface area contributed by atoms with Gasteiger partial charge in [-0.15, -0.1) is 0 Å². The molecule has 0 radical (unpaired) electrons. The smallest absolute Gasteiger partial charge is 0.316 e. The maximum atomic E-state index is 11.8. The van der Waals surface area contributed by atoms with Crippen LogP contribution in [0.15, 0.2) is 0 Å². The van der Waals surface area contributed by atoms with Gasteiger partial charge in [0.05, 0.1) is 18.6 Å². The zero-order valence-corrected chi connectivity index (χ0v) is 12.7. The number of ether oxygens (including phenoxy) is 2. The molecule has 5 nitrogen and oxygen atoms in total. The van der Waals surface area contributed by atoms with Gasteiger partial charge in [-0.05, 0) is 33.1 Å². The Kier molecular flexibility index (Phi) is 6.17. The van der Waals surface area contributed by atoms with Crippen molar-refractivity contribution in [2.75, 3.05) is 6.61 Å². The van der Waals surface area contributed by atoms with Crippen molar-refractivity contribution in [2.45, 2.75) is 53.1 Å². The maximum Gasteiger partial charge on any atom is 0.316 e. The van der Waals surface area contributed by atoms with E-state index in [-0.39, 0.29) is 29.7 Å². The minimum atomic E-state index is -0.728. The van der Waals surface area contributed by atoms with Crippen LogP contribution in [0, 0.1) is 17.8 Å². The summed E-state index contributed by atoms with van der Waals surface area (Å²) in [6, 6.07) is 0. The van der Waals surface area contributed by atoms with Crippen LogP contribution >= 0.6 is 0 Å². The van der Waals surface area contributed by atoms with Gasteiger partial charge in [-0.25, -0.2) is 0 Å². The van der Waals surface area contributed by atoms with Crippen LogP contribution in [0.3, 0.4) is 0 Å². The lowest BCUT2D eigenvalue weighted by Crippen LogP contribution is -2.29. The minimum absolute atomic E-state index is 0.0779. The van der Waals surface area contributed by atoms with Crippen LogP contribution in [0.25, 0.3) is 0 Å². The van der Waals surface area contributed by atoms with E-state index in [0.717, 1.165) is 6.42 Å². The summed E-state index contributed by atoms with van der Waals surface area (Å²) in [5, 5.41) is 0. The Morgan fingerprint density at radius 1 is 1.30 bits per heavy atom. The van der Waals surface area contributed by atoms with Crippen LogP contribution in [-0.4, -0.2) is 30.4 Å². The van der Waals surface area contributed by atoms with Gasteiger partial charge < -0.3 is 9.47 Å². The fourth-order valence-corrected chi connectivity index (χ4v) is 2.21. The number of carbonyl (C=O) groups is 3. The number of Topliss-reactive ketones (excluding diaryl/α,β-unsaturated/α-hetero) is 1. The summed E-state index contributed by atoms with van der Waals surface area (Å²) in [4.78, 5) is 34.8. The Bertz CT molecular complexity index is 374. The highest BCUT2D eigenvalue weighted by atomic mass is 16.5. The molecule has 0 saturated carbocycles.